The maximum absolute atomic E-state index is 9.04. The fourth-order valence-electron chi connectivity index (χ4n) is 1.00. The van der Waals surface area contributed by atoms with Crippen molar-refractivity contribution in [2.24, 2.45) is 10.2 Å². The van der Waals surface area contributed by atoms with E-state index in [0.29, 0.717) is 17.3 Å². The molecule has 0 amide bonds. The molecule has 0 saturated carbocycles. The van der Waals surface area contributed by atoms with Crippen molar-refractivity contribution in [3.05, 3.63) is 30.3 Å². The Morgan fingerprint density at radius 2 is 1.93 bits per heavy atom. The highest BCUT2D eigenvalue weighted by atomic mass is 16.3. The van der Waals surface area contributed by atoms with E-state index in [1.54, 1.807) is 18.2 Å². The van der Waals surface area contributed by atoms with Gasteiger partial charge in [0.1, 0.15) is 11.6 Å². The fraction of sp³-hybridized carbons (Fsp3) is 0. The molecule has 1 aromatic carbocycles. The van der Waals surface area contributed by atoms with Crippen LogP contribution in [0.1, 0.15) is 0 Å². The molecule has 6 nitrogen and oxygen atoms in total. The van der Waals surface area contributed by atoms with Gasteiger partial charge in [0.25, 0.3) is 0 Å². The molecule has 0 aliphatic heterocycles. The number of aromatic nitrogens is 2. The number of hydrogen-bond donors (Lipinski definition) is 3. The van der Waals surface area contributed by atoms with Crippen molar-refractivity contribution in [3.63, 3.8) is 0 Å². The number of azo groups is 1. The Bertz CT molecular complexity index is 474. The van der Waals surface area contributed by atoms with Crippen LogP contribution in [-0.4, -0.2) is 15.3 Å². The summed E-state index contributed by atoms with van der Waals surface area (Å²) in [5, 5.41) is 23.1. The summed E-state index contributed by atoms with van der Waals surface area (Å²) < 4.78 is 0. The van der Waals surface area contributed by atoms with Crippen molar-refractivity contribution in [1.29, 1.82) is 0 Å². The molecule has 0 bridgehead atoms. The number of aromatic amines is 1. The van der Waals surface area contributed by atoms with E-state index in [-0.39, 0.29) is 5.75 Å². The van der Waals surface area contributed by atoms with Crippen LogP contribution in [0.15, 0.2) is 40.6 Å². The average Bonchev–Trinajstić information content (AvgIpc) is 2.64. The molecule has 0 saturated heterocycles. The van der Waals surface area contributed by atoms with Gasteiger partial charge in [-0.25, -0.2) is 0 Å². The number of nitrogens with one attached hydrogen (secondary N) is 1. The van der Waals surface area contributed by atoms with Gasteiger partial charge in [-0.1, -0.05) is 0 Å². The first-order valence-corrected chi connectivity index (χ1v) is 4.26. The van der Waals surface area contributed by atoms with Crippen LogP contribution >= 0.6 is 0 Å². The molecule has 0 atom stereocenters. The van der Waals surface area contributed by atoms with E-state index in [9.17, 15) is 0 Å². The summed E-state index contributed by atoms with van der Waals surface area (Å²) in [6.07, 6.45) is 0. The lowest BCUT2D eigenvalue weighted by atomic mass is 10.3. The molecular weight excluding hydrogens is 194 g/mol. The average molecular weight is 203 g/mol. The van der Waals surface area contributed by atoms with E-state index in [2.05, 4.69) is 20.4 Å². The minimum atomic E-state index is 0.193. The van der Waals surface area contributed by atoms with Gasteiger partial charge in [-0.3, -0.25) is 5.10 Å². The van der Waals surface area contributed by atoms with Crippen molar-refractivity contribution >= 4 is 17.3 Å². The van der Waals surface area contributed by atoms with Crippen molar-refractivity contribution < 1.29 is 5.11 Å². The second kappa shape index (κ2) is 3.79. The maximum atomic E-state index is 9.04. The van der Waals surface area contributed by atoms with Crippen molar-refractivity contribution in [2.75, 3.05) is 5.73 Å². The van der Waals surface area contributed by atoms with Crippen LogP contribution in [0, 0.1) is 0 Å². The molecule has 76 valence electrons. The Labute approximate surface area is 85.5 Å². The number of nitrogens with zero attached hydrogens (tertiary/aromatic N) is 3. The number of nitrogen functional groups attached to an aromatic ring is 1. The van der Waals surface area contributed by atoms with Gasteiger partial charge in [-0.2, -0.15) is 5.10 Å². The van der Waals surface area contributed by atoms with Gasteiger partial charge in [0.15, 0.2) is 5.82 Å². The summed E-state index contributed by atoms with van der Waals surface area (Å²) in [5.74, 6) is 1.05. The van der Waals surface area contributed by atoms with Crippen LogP contribution in [0.3, 0.4) is 0 Å². The first kappa shape index (κ1) is 9.20. The summed E-state index contributed by atoms with van der Waals surface area (Å²) in [6.45, 7) is 0. The van der Waals surface area contributed by atoms with Crippen molar-refractivity contribution in [1.82, 2.24) is 10.2 Å². The standard InChI is InChI=1S/C9H9N5O/c10-8-5-9(14-12-8)13-11-6-1-3-7(15)4-2-6/h1-5,15H,(H3,10,12,14). The van der Waals surface area contributed by atoms with E-state index in [1.807, 2.05) is 0 Å². The summed E-state index contributed by atoms with van der Waals surface area (Å²) in [6, 6.07) is 7.94. The van der Waals surface area contributed by atoms with E-state index < -0.39 is 0 Å². The SMILES string of the molecule is Nc1cc(N=Nc2ccc(O)cc2)n[nH]1. The molecule has 0 spiro atoms. The van der Waals surface area contributed by atoms with Crippen LogP contribution in [0.2, 0.25) is 0 Å². The lowest BCUT2D eigenvalue weighted by molar-refractivity contribution is 0.475. The van der Waals surface area contributed by atoms with Gasteiger partial charge in [-0.05, 0) is 24.3 Å². The zero-order valence-electron chi connectivity index (χ0n) is 7.75. The molecule has 0 aliphatic carbocycles. The third kappa shape index (κ3) is 2.31. The largest absolute Gasteiger partial charge is 0.508 e. The Hall–Kier alpha value is -2.37. The number of phenolic OH excluding ortho intramolecular Hbond substituents is 1. The van der Waals surface area contributed by atoms with E-state index in [4.69, 9.17) is 10.8 Å². The topological polar surface area (TPSA) is 99.7 Å². The third-order valence-electron chi connectivity index (χ3n) is 1.70. The lowest BCUT2D eigenvalue weighted by Gasteiger charge is -1.91. The van der Waals surface area contributed by atoms with E-state index in [0.717, 1.165) is 0 Å². The molecule has 0 unspecified atom stereocenters. The monoisotopic (exact) mass is 203 g/mol. The van der Waals surface area contributed by atoms with Gasteiger partial charge in [0.05, 0.1) is 5.69 Å². The van der Waals surface area contributed by atoms with E-state index >= 15 is 0 Å². The summed E-state index contributed by atoms with van der Waals surface area (Å²) in [5.41, 5.74) is 6.05. The molecule has 4 N–H and O–H groups in total. The van der Waals surface area contributed by atoms with Gasteiger partial charge in [0.2, 0.25) is 0 Å². The normalized spacial score (nSPS) is 10.9. The van der Waals surface area contributed by atoms with Crippen LogP contribution in [0.5, 0.6) is 5.75 Å². The number of anilines is 1. The number of rotatable bonds is 2. The number of benzene rings is 1. The Kier molecular flexibility index (Phi) is 2.32. The van der Waals surface area contributed by atoms with Gasteiger partial charge in [0, 0.05) is 6.07 Å². The number of H-pyrrole nitrogens is 1. The summed E-state index contributed by atoms with van der Waals surface area (Å²) >= 11 is 0. The van der Waals surface area contributed by atoms with Crippen LogP contribution in [0.4, 0.5) is 17.3 Å². The van der Waals surface area contributed by atoms with Gasteiger partial charge in [-0.15, -0.1) is 10.2 Å². The molecule has 0 aliphatic rings. The predicted molar refractivity (Wildman–Crippen MR) is 55.3 cm³/mol. The third-order valence-corrected chi connectivity index (χ3v) is 1.70. The van der Waals surface area contributed by atoms with Gasteiger partial charge < -0.3 is 10.8 Å². The number of aromatic hydroxyl groups is 1. The second-order valence-electron chi connectivity index (χ2n) is 2.90. The molecule has 0 radical (unpaired) electrons. The maximum Gasteiger partial charge on any atom is 0.197 e. The van der Waals surface area contributed by atoms with Crippen LogP contribution in [0.25, 0.3) is 0 Å². The van der Waals surface area contributed by atoms with Gasteiger partial charge >= 0.3 is 0 Å². The molecule has 2 rings (SSSR count). The molecule has 15 heavy (non-hydrogen) atoms. The highest BCUT2D eigenvalue weighted by Gasteiger charge is 1.95. The highest BCUT2D eigenvalue weighted by Crippen LogP contribution is 2.19. The summed E-state index contributed by atoms with van der Waals surface area (Å²) in [4.78, 5) is 0. The zero-order chi connectivity index (χ0) is 10.7. The minimum Gasteiger partial charge on any atom is -0.508 e. The van der Waals surface area contributed by atoms with Crippen molar-refractivity contribution in [2.45, 2.75) is 0 Å². The quantitative estimate of drug-likeness (QED) is 0.651. The molecular formula is C9H9N5O. The lowest BCUT2D eigenvalue weighted by Crippen LogP contribution is -1.81. The predicted octanol–water partition coefficient (Wildman–Crippen LogP) is 2.11. The highest BCUT2D eigenvalue weighted by molar-refractivity contribution is 5.42. The second-order valence-corrected chi connectivity index (χ2v) is 2.90. The summed E-state index contributed by atoms with van der Waals surface area (Å²) in [7, 11) is 0. The molecule has 2 aromatic rings. The fourth-order valence-corrected chi connectivity index (χ4v) is 1.00. The Morgan fingerprint density at radius 3 is 2.53 bits per heavy atom. The smallest absolute Gasteiger partial charge is 0.197 e. The van der Waals surface area contributed by atoms with Crippen LogP contribution in [-0.2, 0) is 0 Å². The molecule has 1 heterocycles. The zero-order valence-corrected chi connectivity index (χ0v) is 7.75. The Morgan fingerprint density at radius 1 is 1.20 bits per heavy atom. The number of nitrogens with two attached hydrogens (primary N) is 1. The van der Waals surface area contributed by atoms with Crippen molar-refractivity contribution in [3.8, 4) is 5.75 Å². The first-order valence-electron chi connectivity index (χ1n) is 4.26. The number of hydrogen-bond acceptors (Lipinski definition) is 5. The number of phenols is 1. The molecule has 1 aromatic heterocycles. The molecule has 6 heteroatoms. The molecule has 0 fully saturated rings. The minimum absolute atomic E-state index is 0.193. The van der Waals surface area contributed by atoms with Crippen LogP contribution < -0.4 is 5.73 Å². The Balaban J connectivity index is 2.14. The van der Waals surface area contributed by atoms with E-state index in [1.165, 1.54) is 12.1 Å². The first-order chi connectivity index (χ1) is 7.24.